The molecule has 1 aliphatic rings. The van der Waals surface area contributed by atoms with Crippen LogP contribution in [0, 0.1) is 0 Å². The number of hydrogen-bond acceptors (Lipinski definition) is 3. The van der Waals surface area contributed by atoms with E-state index >= 15 is 0 Å². The Hall–Kier alpha value is -1.01. The van der Waals surface area contributed by atoms with Crippen molar-refractivity contribution in [2.75, 3.05) is 6.61 Å². The summed E-state index contributed by atoms with van der Waals surface area (Å²) < 4.78 is 40.4. The molecule has 0 saturated heterocycles. The minimum atomic E-state index is -4.39. The molecule has 0 unspecified atom stereocenters. The standard InChI is InChI=1S/C11H12ClF3N2O/c12-9-3-7(4-16-8-1-2-8)5-17-10(9)18-6-11(13,14)15/h3,5,8,16H,1-2,4,6H2. The summed E-state index contributed by atoms with van der Waals surface area (Å²) in [6, 6.07) is 2.11. The molecule has 0 aromatic carbocycles. The third-order valence-electron chi connectivity index (χ3n) is 2.41. The lowest BCUT2D eigenvalue weighted by Gasteiger charge is -2.10. The number of pyridine rings is 1. The second-order valence-electron chi connectivity index (χ2n) is 4.19. The Labute approximate surface area is 107 Å². The van der Waals surface area contributed by atoms with E-state index in [-0.39, 0.29) is 10.9 Å². The smallest absolute Gasteiger partial charge is 0.422 e. The lowest BCUT2D eigenvalue weighted by Crippen LogP contribution is -2.20. The third-order valence-corrected chi connectivity index (χ3v) is 2.68. The summed E-state index contributed by atoms with van der Waals surface area (Å²) in [7, 11) is 0. The van der Waals surface area contributed by atoms with Crippen molar-refractivity contribution in [1.82, 2.24) is 10.3 Å². The number of halogens is 4. The van der Waals surface area contributed by atoms with Crippen LogP contribution in [-0.4, -0.2) is 23.8 Å². The van der Waals surface area contributed by atoms with Crippen molar-refractivity contribution in [2.45, 2.75) is 31.6 Å². The Morgan fingerprint density at radius 3 is 2.72 bits per heavy atom. The second-order valence-corrected chi connectivity index (χ2v) is 4.60. The van der Waals surface area contributed by atoms with E-state index in [1.54, 1.807) is 6.07 Å². The Kier molecular flexibility index (Phi) is 3.97. The van der Waals surface area contributed by atoms with Crippen molar-refractivity contribution in [3.63, 3.8) is 0 Å². The van der Waals surface area contributed by atoms with Crippen LogP contribution in [0.15, 0.2) is 12.3 Å². The van der Waals surface area contributed by atoms with Gasteiger partial charge in [0.25, 0.3) is 0 Å². The largest absolute Gasteiger partial charge is 0.467 e. The first-order valence-corrected chi connectivity index (χ1v) is 5.89. The Bertz CT molecular complexity index is 421. The zero-order valence-electron chi connectivity index (χ0n) is 9.43. The van der Waals surface area contributed by atoms with Crippen LogP contribution in [0.25, 0.3) is 0 Å². The molecule has 18 heavy (non-hydrogen) atoms. The number of alkyl halides is 3. The van der Waals surface area contributed by atoms with E-state index in [4.69, 9.17) is 11.6 Å². The van der Waals surface area contributed by atoms with E-state index in [0.717, 1.165) is 18.4 Å². The fraction of sp³-hybridized carbons (Fsp3) is 0.545. The second kappa shape index (κ2) is 5.32. The van der Waals surface area contributed by atoms with E-state index in [1.807, 2.05) is 0 Å². The minimum Gasteiger partial charge on any atom is -0.467 e. The van der Waals surface area contributed by atoms with E-state index in [2.05, 4.69) is 15.0 Å². The molecule has 3 nitrogen and oxygen atoms in total. The van der Waals surface area contributed by atoms with Crippen LogP contribution in [0.1, 0.15) is 18.4 Å². The van der Waals surface area contributed by atoms with Gasteiger partial charge in [-0.15, -0.1) is 0 Å². The van der Waals surface area contributed by atoms with Gasteiger partial charge in [0.05, 0.1) is 0 Å². The number of aromatic nitrogens is 1. The van der Waals surface area contributed by atoms with Gasteiger partial charge in [-0.2, -0.15) is 13.2 Å². The van der Waals surface area contributed by atoms with Crippen molar-refractivity contribution in [3.05, 3.63) is 22.8 Å². The Morgan fingerprint density at radius 1 is 1.44 bits per heavy atom. The Morgan fingerprint density at radius 2 is 2.17 bits per heavy atom. The molecule has 1 saturated carbocycles. The molecule has 0 amide bonds. The third kappa shape index (κ3) is 4.34. The van der Waals surface area contributed by atoms with Gasteiger partial charge in [0.2, 0.25) is 5.88 Å². The molecule has 0 bridgehead atoms. The van der Waals surface area contributed by atoms with Crippen LogP contribution in [-0.2, 0) is 6.54 Å². The quantitative estimate of drug-likeness (QED) is 0.900. The lowest BCUT2D eigenvalue weighted by atomic mass is 10.3. The zero-order valence-corrected chi connectivity index (χ0v) is 10.2. The molecule has 100 valence electrons. The Balaban J connectivity index is 1.91. The number of nitrogens with zero attached hydrogens (tertiary/aromatic N) is 1. The van der Waals surface area contributed by atoms with Crippen molar-refractivity contribution in [1.29, 1.82) is 0 Å². The summed E-state index contributed by atoms with van der Waals surface area (Å²) in [4.78, 5) is 3.79. The fourth-order valence-corrected chi connectivity index (χ4v) is 1.61. The monoisotopic (exact) mass is 280 g/mol. The van der Waals surface area contributed by atoms with Gasteiger partial charge in [-0.25, -0.2) is 4.98 Å². The highest BCUT2D eigenvalue weighted by Crippen LogP contribution is 2.25. The van der Waals surface area contributed by atoms with Gasteiger partial charge in [-0.05, 0) is 24.5 Å². The van der Waals surface area contributed by atoms with Gasteiger partial charge >= 0.3 is 6.18 Å². The van der Waals surface area contributed by atoms with Gasteiger partial charge in [0.1, 0.15) is 5.02 Å². The highest BCUT2D eigenvalue weighted by molar-refractivity contribution is 6.31. The SMILES string of the molecule is FC(F)(F)COc1ncc(CNC2CC2)cc1Cl. The molecule has 1 aromatic heterocycles. The predicted octanol–water partition coefficient (Wildman–Crippen LogP) is 2.93. The summed E-state index contributed by atoms with van der Waals surface area (Å²) in [6.45, 7) is -0.781. The van der Waals surface area contributed by atoms with Gasteiger partial charge in [0.15, 0.2) is 6.61 Å². The van der Waals surface area contributed by atoms with Crippen molar-refractivity contribution in [3.8, 4) is 5.88 Å². The number of rotatable bonds is 5. The summed E-state index contributed by atoms with van der Waals surface area (Å²) in [5.41, 5.74) is 0.825. The van der Waals surface area contributed by atoms with E-state index in [1.165, 1.54) is 6.20 Å². The molecule has 1 N–H and O–H groups in total. The average Bonchev–Trinajstić information content (AvgIpc) is 3.07. The zero-order chi connectivity index (χ0) is 13.2. The van der Waals surface area contributed by atoms with Crippen LogP contribution in [0.3, 0.4) is 0 Å². The summed E-state index contributed by atoms with van der Waals surface area (Å²) in [5.74, 6) is -0.191. The first-order chi connectivity index (χ1) is 8.44. The molecule has 0 radical (unpaired) electrons. The van der Waals surface area contributed by atoms with Crippen LogP contribution in [0.5, 0.6) is 5.88 Å². The molecule has 1 aliphatic carbocycles. The maximum Gasteiger partial charge on any atom is 0.422 e. The molecule has 1 aromatic rings. The van der Waals surface area contributed by atoms with E-state index in [0.29, 0.717) is 12.6 Å². The number of ether oxygens (including phenoxy) is 1. The predicted molar refractivity (Wildman–Crippen MR) is 60.7 cm³/mol. The van der Waals surface area contributed by atoms with Crippen molar-refractivity contribution < 1.29 is 17.9 Å². The topological polar surface area (TPSA) is 34.1 Å². The molecule has 2 rings (SSSR count). The maximum atomic E-state index is 12.0. The van der Waals surface area contributed by atoms with E-state index < -0.39 is 12.8 Å². The number of hydrogen-bond donors (Lipinski definition) is 1. The number of nitrogens with one attached hydrogen (secondary N) is 1. The molecular formula is C11H12ClF3N2O. The average molecular weight is 281 g/mol. The van der Waals surface area contributed by atoms with E-state index in [9.17, 15) is 13.2 Å². The molecule has 0 spiro atoms. The first kappa shape index (κ1) is 13.4. The van der Waals surface area contributed by atoms with Crippen molar-refractivity contribution >= 4 is 11.6 Å². The molecular weight excluding hydrogens is 269 g/mol. The molecule has 0 atom stereocenters. The summed E-state index contributed by atoms with van der Waals surface area (Å²) in [5, 5.41) is 3.35. The summed E-state index contributed by atoms with van der Waals surface area (Å²) >= 11 is 5.81. The highest BCUT2D eigenvalue weighted by atomic mass is 35.5. The van der Waals surface area contributed by atoms with Gasteiger partial charge < -0.3 is 10.1 Å². The minimum absolute atomic E-state index is 0.0920. The van der Waals surface area contributed by atoms with Crippen LogP contribution < -0.4 is 10.1 Å². The molecule has 1 heterocycles. The van der Waals surface area contributed by atoms with Gasteiger partial charge in [0, 0.05) is 18.8 Å². The fourth-order valence-electron chi connectivity index (χ4n) is 1.37. The maximum absolute atomic E-state index is 12.0. The normalized spacial score (nSPS) is 15.8. The summed E-state index contributed by atoms with van der Waals surface area (Å²) in [6.07, 6.45) is -0.605. The highest BCUT2D eigenvalue weighted by Gasteiger charge is 2.29. The van der Waals surface area contributed by atoms with Crippen LogP contribution in [0.4, 0.5) is 13.2 Å². The molecule has 1 fully saturated rings. The van der Waals surface area contributed by atoms with Crippen LogP contribution in [0.2, 0.25) is 5.02 Å². The first-order valence-electron chi connectivity index (χ1n) is 5.51. The van der Waals surface area contributed by atoms with Crippen molar-refractivity contribution in [2.24, 2.45) is 0 Å². The van der Waals surface area contributed by atoms with Gasteiger partial charge in [-0.1, -0.05) is 11.6 Å². The van der Waals surface area contributed by atoms with Crippen LogP contribution >= 0.6 is 11.6 Å². The lowest BCUT2D eigenvalue weighted by molar-refractivity contribution is -0.154. The van der Waals surface area contributed by atoms with Gasteiger partial charge in [-0.3, -0.25) is 0 Å². The molecule has 0 aliphatic heterocycles. The molecule has 7 heteroatoms.